The van der Waals surface area contributed by atoms with E-state index in [1.165, 1.54) is 91.7 Å². The molecule has 0 saturated heterocycles. The Hall–Kier alpha value is -4.50. The molecule has 212 valence electrons. The van der Waals surface area contributed by atoms with E-state index in [0.29, 0.717) is 11.8 Å². The lowest BCUT2D eigenvalue weighted by molar-refractivity contribution is 1.00. The van der Waals surface area contributed by atoms with E-state index in [9.17, 15) is 0 Å². The normalized spacial score (nSPS) is 18.2. The third kappa shape index (κ3) is 4.16. The molecule has 1 heterocycles. The fourth-order valence-electron chi connectivity index (χ4n) is 7.52. The molecule has 2 atom stereocenters. The number of allylic oxidation sites excluding steroid dienone is 4. The molecule has 1 saturated carbocycles. The number of hydrogen-bond donors (Lipinski definition) is 0. The second-order valence-electron chi connectivity index (χ2n) is 12.4. The van der Waals surface area contributed by atoms with Gasteiger partial charge < -0.3 is 0 Å². The first-order chi connectivity index (χ1) is 22.3. The Kier molecular flexibility index (Phi) is 5.73. The molecule has 0 bridgehead atoms. The maximum Gasteiger partial charge on any atom is 0.0268 e. The van der Waals surface area contributed by atoms with Gasteiger partial charge in [0.05, 0.1) is 0 Å². The van der Waals surface area contributed by atoms with Crippen molar-refractivity contribution in [3.63, 3.8) is 0 Å². The van der Waals surface area contributed by atoms with Crippen LogP contribution in [0.2, 0.25) is 0 Å². The molecule has 0 N–H and O–H groups in total. The highest BCUT2D eigenvalue weighted by Crippen LogP contribution is 2.56. The van der Waals surface area contributed by atoms with Gasteiger partial charge in [-0.3, -0.25) is 0 Å². The van der Waals surface area contributed by atoms with Crippen LogP contribution in [-0.2, 0) is 0 Å². The summed E-state index contributed by atoms with van der Waals surface area (Å²) in [5.41, 5.74) is 8.11. The summed E-state index contributed by atoms with van der Waals surface area (Å²) in [5, 5.41) is 7.96. The second-order valence-corrected chi connectivity index (χ2v) is 14.6. The maximum atomic E-state index is 2.49. The van der Waals surface area contributed by atoms with E-state index >= 15 is 0 Å². The van der Waals surface area contributed by atoms with Crippen molar-refractivity contribution in [2.24, 2.45) is 11.8 Å². The van der Waals surface area contributed by atoms with Gasteiger partial charge in [0.2, 0.25) is 0 Å². The first kappa shape index (κ1) is 25.8. The van der Waals surface area contributed by atoms with E-state index in [-0.39, 0.29) is 0 Å². The van der Waals surface area contributed by atoms with Crippen molar-refractivity contribution in [2.75, 3.05) is 0 Å². The Bertz CT molecular complexity index is 2390. The molecular weight excluding hydrogens is 581 g/mol. The highest BCUT2D eigenvalue weighted by molar-refractivity contribution is 8.05. The lowest BCUT2D eigenvalue weighted by atomic mass is 9.85. The summed E-state index contributed by atoms with van der Waals surface area (Å²) in [4.78, 5) is 5.42. The van der Waals surface area contributed by atoms with Crippen LogP contribution in [0.1, 0.15) is 17.5 Å². The van der Waals surface area contributed by atoms with E-state index in [1.54, 1.807) is 0 Å². The summed E-state index contributed by atoms with van der Waals surface area (Å²) < 4.78 is 0. The zero-order valence-corrected chi connectivity index (χ0v) is 26.2. The predicted octanol–water partition coefficient (Wildman–Crippen LogP) is 12.5. The minimum Gasteiger partial charge on any atom is -0.0877 e. The highest BCUT2D eigenvalue weighted by Gasteiger charge is 2.42. The summed E-state index contributed by atoms with van der Waals surface area (Å²) >= 11 is 3.80. The van der Waals surface area contributed by atoms with Gasteiger partial charge in [0.1, 0.15) is 0 Å². The van der Waals surface area contributed by atoms with Crippen molar-refractivity contribution in [3.05, 3.63) is 157 Å². The third-order valence-electron chi connectivity index (χ3n) is 9.81. The summed E-state index contributed by atoms with van der Waals surface area (Å²) in [7, 11) is 0. The van der Waals surface area contributed by atoms with Gasteiger partial charge in [-0.2, -0.15) is 0 Å². The average Bonchev–Trinajstić information content (AvgIpc) is 3.90. The van der Waals surface area contributed by atoms with Crippen LogP contribution in [0.15, 0.2) is 165 Å². The molecule has 2 heteroatoms. The molecule has 0 amide bonds. The molecule has 2 aliphatic carbocycles. The van der Waals surface area contributed by atoms with Crippen molar-refractivity contribution in [2.45, 2.75) is 26.0 Å². The molecule has 1 fully saturated rings. The number of hydrogen-bond acceptors (Lipinski definition) is 2. The van der Waals surface area contributed by atoms with Crippen molar-refractivity contribution in [1.82, 2.24) is 0 Å². The van der Waals surface area contributed by atoms with Crippen LogP contribution in [0, 0.1) is 11.8 Å². The Morgan fingerprint density at radius 3 is 1.76 bits per heavy atom. The van der Waals surface area contributed by atoms with Crippen molar-refractivity contribution < 1.29 is 0 Å². The Labute approximate surface area is 271 Å². The summed E-state index contributed by atoms with van der Waals surface area (Å²) in [6, 6.07) is 49.8. The van der Waals surface area contributed by atoms with E-state index in [4.69, 9.17) is 0 Å². The number of benzene rings is 7. The molecule has 3 aliphatic rings. The van der Waals surface area contributed by atoms with Crippen LogP contribution < -0.4 is 0 Å². The van der Waals surface area contributed by atoms with Gasteiger partial charge in [0.15, 0.2) is 0 Å². The minimum atomic E-state index is 0.599. The number of rotatable bonds is 3. The van der Waals surface area contributed by atoms with E-state index in [2.05, 4.69) is 146 Å². The Morgan fingerprint density at radius 1 is 0.422 bits per heavy atom. The van der Waals surface area contributed by atoms with Crippen LogP contribution in [0.25, 0.3) is 54.6 Å². The van der Waals surface area contributed by atoms with Crippen LogP contribution >= 0.6 is 23.5 Å². The zero-order valence-electron chi connectivity index (χ0n) is 24.5. The highest BCUT2D eigenvalue weighted by atomic mass is 32.2. The first-order valence-electron chi connectivity index (χ1n) is 15.7. The molecule has 0 aromatic heterocycles. The summed E-state index contributed by atoms with van der Waals surface area (Å²) in [6.45, 7) is 0. The van der Waals surface area contributed by atoms with Gasteiger partial charge in [0.25, 0.3) is 0 Å². The molecule has 1 aliphatic heterocycles. The quantitative estimate of drug-likeness (QED) is 0.183. The molecule has 7 aromatic carbocycles. The van der Waals surface area contributed by atoms with E-state index < -0.39 is 0 Å². The van der Waals surface area contributed by atoms with Crippen molar-refractivity contribution in [1.29, 1.82) is 0 Å². The lowest BCUT2D eigenvalue weighted by Gasteiger charge is -2.22. The van der Waals surface area contributed by atoms with Gasteiger partial charge in [0, 0.05) is 19.6 Å². The fourth-order valence-corrected chi connectivity index (χ4v) is 9.77. The Morgan fingerprint density at radius 2 is 1.00 bits per heavy atom. The SMILES string of the molecule is C1=CC2CC2C(c2ccc3c4ccc(-c5ccccc5)cc4c4ccccc4c3c2)=C1c1ccc2c(c1)Sc1ccccc1S2. The smallest absolute Gasteiger partial charge is 0.0268 e. The van der Waals surface area contributed by atoms with Crippen molar-refractivity contribution in [3.8, 4) is 11.1 Å². The predicted molar refractivity (Wildman–Crippen MR) is 193 cm³/mol. The fraction of sp³-hybridized carbons (Fsp3) is 0.0698. The molecular formula is C43H28S2. The molecule has 45 heavy (non-hydrogen) atoms. The third-order valence-corrected chi connectivity index (χ3v) is 12.4. The second kappa shape index (κ2) is 10.0. The topological polar surface area (TPSA) is 0 Å². The summed E-state index contributed by atoms with van der Waals surface area (Å²) in [5.74, 6) is 1.26. The average molecular weight is 609 g/mol. The van der Waals surface area contributed by atoms with Crippen LogP contribution in [0.4, 0.5) is 0 Å². The van der Waals surface area contributed by atoms with Crippen LogP contribution in [0.5, 0.6) is 0 Å². The van der Waals surface area contributed by atoms with Gasteiger partial charge >= 0.3 is 0 Å². The van der Waals surface area contributed by atoms with Crippen molar-refractivity contribution >= 4 is 67.0 Å². The van der Waals surface area contributed by atoms with Crippen LogP contribution in [0.3, 0.4) is 0 Å². The zero-order chi connectivity index (χ0) is 29.5. The standard InChI is InChI=1S/C43H28S2/c1-2-8-26(9-3-1)27-14-19-34-35-20-16-30(24-38(35)33-11-5-4-10-32(33)37(34)22-27)43-31(18-15-28-23-36(28)43)29-17-21-41-42(25-29)45-40-13-7-6-12-39(40)44-41/h1-22,24-25,28,36H,23H2. The van der Waals surface area contributed by atoms with E-state index in [1.807, 2.05) is 23.5 Å². The molecule has 0 nitrogen and oxygen atoms in total. The molecule has 0 radical (unpaired) electrons. The molecule has 2 unspecified atom stereocenters. The maximum absolute atomic E-state index is 2.49. The molecule has 10 rings (SSSR count). The van der Waals surface area contributed by atoms with Gasteiger partial charge in [-0.1, -0.05) is 133 Å². The van der Waals surface area contributed by atoms with Crippen LogP contribution in [-0.4, -0.2) is 0 Å². The summed E-state index contributed by atoms with van der Waals surface area (Å²) in [6.07, 6.45) is 6.11. The first-order valence-corrected chi connectivity index (χ1v) is 17.4. The molecule has 7 aromatic rings. The Balaban J connectivity index is 1.15. The van der Waals surface area contributed by atoms with E-state index in [0.717, 1.165) is 0 Å². The monoisotopic (exact) mass is 608 g/mol. The number of fused-ring (bicyclic) bond motifs is 9. The largest absolute Gasteiger partial charge is 0.0877 e. The van der Waals surface area contributed by atoms with Gasteiger partial charge in [-0.25, -0.2) is 0 Å². The minimum absolute atomic E-state index is 0.599. The van der Waals surface area contributed by atoms with Gasteiger partial charge in [-0.15, -0.1) is 0 Å². The van der Waals surface area contributed by atoms with Gasteiger partial charge in [-0.05, 0) is 120 Å². The molecule has 0 spiro atoms. The lowest BCUT2D eigenvalue weighted by Crippen LogP contribution is -2.00.